The molecule has 1 amide bonds. The van der Waals surface area contributed by atoms with Gasteiger partial charge in [0.25, 0.3) is 0 Å². The Morgan fingerprint density at radius 1 is 1.12 bits per heavy atom. The number of anilines is 1. The van der Waals surface area contributed by atoms with Gasteiger partial charge < -0.3 is 15.8 Å². The van der Waals surface area contributed by atoms with Crippen LogP contribution in [-0.2, 0) is 10.3 Å². The van der Waals surface area contributed by atoms with Crippen LogP contribution in [0.15, 0.2) is 53.0 Å². The average Bonchev–Trinajstić information content (AvgIpc) is 2.49. The van der Waals surface area contributed by atoms with Crippen LogP contribution in [0.25, 0.3) is 0 Å². The summed E-state index contributed by atoms with van der Waals surface area (Å²) in [4.78, 5) is 12.5. The van der Waals surface area contributed by atoms with Gasteiger partial charge in [0.05, 0.1) is 6.10 Å². The highest BCUT2D eigenvalue weighted by Gasteiger charge is 2.30. The Morgan fingerprint density at radius 2 is 1.67 bits per heavy atom. The molecule has 0 saturated carbocycles. The topological polar surface area (TPSA) is 64.3 Å². The standard InChI is InChI=1S/C18H21BrN2O2.ClH/c1-12(2)23-16-10-8-15(9-11-16)21-17(22)18(3,20)13-4-6-14(19)7-5-13;/h4-12H,20H2,1-3H3,(H,21,22);1H. The summed E-state index contributed by atoms with van der Waals surface area (Å²) in [6, 6.07) is 14.6. The zero-order chi connectivity index (χ0) is 17.0. The van der Waals surface area contributed by atoms with Crippen molar-refractivity contribution >= 4 is 39.9 Å². The zero-order valence-corrected chi connectivity index (χ0v) is 16.3. The molecule has 1 unspecified atom stereocenters. The van der Waals surface area contributed by atoms with Crippen LogP contribution in [0.3, 0.4) is 0 Å². The van der Waals surface area contributed by atoms with Gasteiger partial charge >= 0.3 is 0 Å². The number of ether oxygens (including phenoxy) is 1. The van der Waals surface area contributed by atoms with E-state index in [9.17, 15) is 4.79 Å². The lowest BCUT2D eigenvalue weighted by molar-refractivity contribution is -0.120. The van der Waals surface area contributed by atoms with Gasteiger partial charge in [0.1, 0.15) is 11.3 Å². The highest BCUT2D eigenvalue weighted by atomic mass is 79.9. The van der Waals surface area contributed by atoms with E-state index in [0.29, 0.717) is 5.69 Å². The Labute approximate surface area is 157 Å². The summed E-state index contributed by atoms with van der Waals surface area (Å²) in [6.07, 6.45) is 0.111. The molecule has 24 heavy (non-hydrogen) atoms. The molecule has 0 saturated heterocycles. The molecule has 0 aliphatic rings. The fourth-order valence-corrected chi connectivity index (χ4v) is 2.34. The first-order valence-corrected chi connectivity index (χ1v) is 8.21. The number of benzene rings is 2. The number of hydrogen-bond donors (Lipinski definition) is 2. The fourth-order valence-electron chi connectivity index (χ4n) is 2.08. The second-order valence-electron chi connectivity index (χ2n) is 5.85. The number of amides is 1. The van der Waals surface area contributed by atoms with Crippen molar-refractivity contribution in [2.45, 2.75) is 32.4 Å². The minimum atomic E-state index is -1.12. The van der Waals surface area contributed by atoms with Crippen molar-refractivity contribution in [3.63, 3.8) is 0 Å². The highest BCUT2D eigenvalue weighted by molar-refractivity contribution is 9.10. The van der Waals surface area contributed by atoms with E-state index < -0.39 is 5.54 Å². The molecule has 2 aromatic rings. The number of hydrogen-bond acceptors (Lipinski definition) is 3. The van der Waals surface area contributed by atoms with Crippen molar-refractivity contribution in [3.8, 4) is 5.75 Å². The summed E-state index contributed by atoms with van der Waals surface area (Å²) in [7, 11) is 0. The van der Waals surface area contributed by atoms with Gasteiger partial charge in [0.15, 0.2) is 0 Å². The Hall–Kier alpha value is -1.56. The molecule has 0 fully saturated rings. The van der Waals surface area contributed by atoms with Crippen LogP contribution >= 0.6 is 28.3 Å². The van der Waals surface area contributed by atoms with Crippen LogP contribution in [0.4, 0.5) is 5.69 Å². The van der Waals surface area contributed by atoms with Gasteiger partial charge in [-0.05, 0) is 62.7 Å². The van der Waals surface area contributed by atoms with Gasteiger partial charge in [0.2, 0.25) is 5.91 Å². The van der Waals surface area contributed by atoms with Crippen LogP contribution < -0.4 is 15.8 Å². The molecule has 0 aliphatic heterocycles. The third-order valence-corrected chi connectivity index (χ3v) is 3.93. The number of nitrogens with two attached hydrogens (primary N) is 1. The minimum absolute atomic E-state index is 0. The maximum atomic E-state index is 12.5. The summed E-state index contributed by atoms with van der Waals surface area (Å²) in [5.74, 6) is 0.499. The summed E-state index contributed by atoms with van der Waals surface area (Å²) >= 11 is 3.37. The third-order valence-electron chi connectivity index (χ3n) is 3.40. The van der Waals surface area contributed by atoms with Crippen LogP contribution in [-0.4, -0.2) is 12.0 Å². The molecule has 0 aliphatic carbocycles. The van der Waals surface area contributed by atoms with Crippen molar-refractivity contribution in [3.05, 3.63) is 58.6 Å². The summed E-state index contributed by atoms with van der Waals surface area (Å²) in [5.41, 5.74) is 6.53. The first kappa shape index (κ1) is 20.5. The number of rotatable bonds is 5. The Bertz CT molecular complexity index is 670. The molecule has 0 heterocycles. The van der Waals surface area contributed by atoms with Crippen molar-refractivity contribution in [2.24, 2.45) is 5.73 Å². The molecular formula is C18H22BrClN2O2. The van der Waals surface area contributed by atoms with Crippen molar-refractivity contribution in [1.29, 1.82) is 0 Å². The van der Waals surface area contributed by atoms with E-state index in [1.165, 1.54) is 0 Å². The zero-order valence-electron chi connectivity index (χ0n) is 13.9. The maximum Gasteiger partial charge on any atom is 0.248 e. The number of halogens is 2. The molecule has 0 radical (unpaired) electrons. The highest BCUT2D eigenvalue weighted by Crippen LogP contribution is 2.23. The second kappa shape index (κ2) is 8.51. The van der Waals surface area contributed by atoms with Crippen LogP contribution in [0.2, 0.25) is 0 Å². The molecule has 3 N–H and O–H groups in total. The van der Waals surface area contributed by atoms with E-state index in [1.807, 2.05) is 50.2 Å². The molecule has 0 aromatic heterocycles. The van der Waals surface area contributed by atoms with Crippen molar-refractivity contribution in [1.82, 2.24) is 0 Å². The lowest BCUT2D eigenvalue weighted by Gasteiger charge is -2.24. The maximum absolute atomic E-state index is 12.5. The summed E-state index contributed by atoms with van der Waals surface area (Å²) in [5, 5.41) is 2.84. The molecule has 130 valence electrons. The van der Waals surface area contributed by atoms with Gasteiger partial charge in [-0.1, -0.05) is 28.1 Å². The number of carbonyl (C=O) groups excluding carboxylic acids is 1. The largest absolute Gasteiger partial charge is 0.491 e. The predicted molar refractivity (Wildman–Crippen MR) is 104 cm³/mol. The molecule has 1 atom stereocenters. The molecule has 2 aromatic carbocycles. The number of carbonyl (C=O) groups is 1. The van der Waals surface area contributed by atoms with Gasteiger partial charge in [-0.15, -0.1) is 12.4 Å². The van der Waals surface area contributed by atoms with E-state index in [-0.39, 0.29) is 24.4 Å². The molecule has 0 spiro atoms. The first-order chi connectivity index (χ1) is 10.8. The summed E-state index contributed by atoms with van der Waals surface area (Å²) in [6.45, 7) is 5.63. The van der Waals surface area contributed by atoms with E-state index in [4.69, 9.17) is 10.5 Å². The van der Waals surface area contributed by atoms with Gasteiger partial charge in [0, 0.05) is 10.2 Å². The SMILES string of the molecule is CC(C)Oc1ccc(NC(=O)C(C)(N)c2ccc(Br)cc2)cc1.Cl. The molecule has 2 rings (SSSR count). The lowest BCUT2D eigenvalue weighted by Crippen LogP contribution is -2.45. The lowest BCUT2D eigenvalue weighted by atomic mass is 9.92. The van der Waals surface area contributed by atoms with E-state index >= 15 is 0 Å². The second-order valence-corrected chi connectivity index (χ2v) is 6.77. The molecule has 0 bridgehead atoms. The number of nitrogens with one attached hydrogen (secondary N) is 1. The van der Waals surface area contributed by atoms with Gasteiger partial charge in [-0.25, -0.2) is 0 Å². The van der Waals surface area contributed by atoms with Crippen molar-refractivity contribution < 1.29 is 9.53 Å². The minimum Gasteiger partial charge on any atom is -0.491 e. The van der Waals surface area contributed by atoms with E-state index in [2.05, 4.69) is 21.2 Å². The Balaban J connectivity index is 0.00000288. The van der Waals surface area contributed by atoms with Crippen molar-refractivity contribution in [2.75, 3.05) is 5.32 Å². The quantitative estimate of drug-likeness (QED) is 0.760. The smallest absolute Gasteiger partial charge is 0.248 e. The Morgan fingerprint density at radius 3 is 2.17 bits per heavy atom. The molecule has 4 nitrogen and oxygen atoms in total. The third kappa shape index (κ3) is 5.23. The first-order valence-electron chi connectivity index (χ1n) is 7.42. The van der Waals surface area contributed by atoms with Gasteiger partial charge in [-0.3, -0.25) is 4.79 Å². The molecule has 6 heteroatoms. The van der Waals surface area contributed by atoms with E-state index in [1.54, 1.807) is 19.1 Å². The monoisotopic (exact) mass is 412 g/mol. The predicted octanol–water partition coefficient (Wildman–Crippen LogP) is 4.47. The van der Waals surface area contributed by atoms with E-state index in [0.717, 1.165) is 15.8 Å². The van der Waals surface area contributed by atoms with Crippen LogP contribution in [0.1, 0.15) is 26.3 Å². The van der Waals surface area contributed by atoms with Crippen LogP contribution in [0.5, 0.6) is 5.75 Å². The Kier molecular flexibility index (Phi) is 7.27. The molecular weight excluding hydrogens is 392 g/mol. The van der Waals surface area contributed by atoms with Crippen LogP contribution in [0, 0.1) is 0 Å². The fraction of sp³-hybridized carbons (Fsp3) is 0.278. The average molecular weight is 414 g/mol. The van der Waals surface area contributed by atoms with Gasteiger partial charge in [-0.2, -0.15) is 0 Å². The summed E-state index contributed by atoms with van der Waals surface area (Å²) < 4.78 is 6.52. The normalized spacial score (nSPS) is 12.9.